The Bertz CT molecular complexity index is 844. The average molecular weight is 388 g/mol. The second kappa shape index (κ2) is 9.36. The molecule has 0 aliphatic heterocycles. The van der Waals surface area contributed by atoms with Crippen LogP contribution in [0.4, 0.5) is 0 Å². The number of hydrogen-bond donors (Lipinski definition) is 3. The van der Waals surface area contributed by atoms with E-state index >= 15 is 0 Å². The van der Waals surface area contributed by atoms with Gasteiger partial charge in [-0.3, -0.25) is 14.4 Å². The number of hydrogen-bond acceptors (Lipinski definition) is 5. The fourth-order valence-electron chi connectivity index (χ4n) is 2.25. The zero-order chi connectivity index (χ0) is 19.9. The maximum Gasteiger partial charge on any atom is 0.251 e. The molecule has 0 bridgehead atoms. The molecule has 0 aliphatic rings. The van der Waals surface area contributed by atoms with Crippen LogP contribution in [0, 0.1) is 0 Å². The van der Waals surface area contributed by atoms with Crippen LogP contribution in [0.2, 0.25) is 0 Å². The van der Waals surface area contributed by atoms with Gasteiger partial charge in [-0.2, -0.15) is 0 Å². The van der Waals surface area contributed by atoms with Gasteiger partial charge in [0.15, 0.2) is 5.16 Å². The first-order valence-electron chi connectivity index (χ1n) is 8.56. The van der Waals surface area contributed by atoms with Crippen molar-refractivity contribution in [1.82, 2.24) is 20.6 Å². The molecule has 8 heteroatoms. The zero-order valence-corrected chi connectivity index (χ0v) is 16.5. The van der Waals surface area contributed by atoms with Crippen LogP contribution in [0.3, 0.4) is 0 Å². The van der Waals surface area contributed by atoms with Gasteiger partial charge in [0, 0.05) is 18.2 Å². The average Bonchev–Trinajstić information content (AvgIpc) is 2.57. The molecule has 2 aromatic rings. The number of aromatic nitrogens is 2. The monoisotopic (exact) mass is 388 g/mol. The van der Waals surface area contributed by atoms with Gasteiger partial charge in [0.05, 0.1) is 17.9 Å². The number of H-pyrrole nitrogens is 1. The topological polar surface area (TPSA) is 104 Å². The van der Waals surface area contributed by atoms with Gasteiger partial charge in [0.2, 0.25) is 11.8 Å². The number of rotatable bonds is 7. The summed E-state index contributed by atoms with van der Waals surface area (Å²) >= 11 is 1.12. The summed E-state index contributed by atoms with van der Waals surface area (Å²) < 4.78 is 0. The number of carbonyl (C=O) groups excluding carboxylic acids is 2. The molecule has 0 saturated heterocycles. The smallest absolute Gasteiger partial charge is 0.251 e. The second-order valence-electron chi connectivity index (χ2n) is 7.07. The van der Waals surface area contributed by atoms with E-state index in [-0.39, 0.29) is 35.1 Å². The Hall–Kier alpha value is -2.61. The quantitative estimate of drug-likeness (QED) is 0.494. The Labute approximate surface area is 162 Å². The Morgan fingerprint density at radius 1 is 1.15 bits per heavy atom. The Kier molecular flexibility index (Phi) is 7.18. The third-order valence-corrected chi connectivity index (χ3v) is 4.17. The lowest BCUT2D eigenvalue weighted by Crippen LogP contribution is -2.41. The van der Waals surface area contributed by atoms with Gasteiger partial charge in [-0.05, 0) is 26.3 Å². The summed E-state index contributed by atoms with van der Waals surface area (Å²) in [6.07, 6.45) is -0.00149. The standard InChI is InChI=1S/C19H24N4O3S/c1-19(2,3)23-17(26)12-27-18-21-14(10-16(25)22-18)9-15(24)20-11-13-7-5-4-6-8-13/h4-8,10H,9,11-12H2,1-3H3,(H,20,24)(H,23,26)(H,21,22,25). The Balaban J connectivity index is 1.91. The fourth-order valence-corrected chi connectivity index (χ4v) is 2.95. The maximum absolute atomic E-state index is 12.1. The lowest BCUT2D eigenvalue weighted by atomic mass is 10.1. The van der Waals surface area contributed by atoms with E-state index in [0.717, 1.165) is 17.3 Å². The molecule has 0 unspecified atom stereocenters. The molecule has 1 aromatic heterocycles. The van der Waals surface area contributed by atoms with Crippen molar-refractivity contribution in [2.45, 2.75) is 44.4 Å². The van der Waals surface area contributed by atoms with Gasteiger partial charge < -0.3 is 15.6 Å². The largest absolute Gasteiger partial charge is 0.352 e. The molecular formula is C19H24N4O3S. The van der Waals surface area contributed by atoms with Gasteiger partial charge in [0.25, 0.3) is 5.56 Å². The summed E-state index contributed by atoms with van der Waals surface area (Å²) in [7, 11) is 0. The van der Waals surface area contributed by atoms with Crippen LogP contribution in [0.1, 0.15) is 32.0 Å². The molecule has 7 nitrogen and oxygen atoms in total. The Morgan fingerprint density at radius 2 is 1.85 bits per heavy atom. The predicted molar refractivity (Wildman–Crippen MR) is 105 cm³/mol. The van der Waals surface area contributed by atoms with E-state index in [1.54, 1.807) is 0 Å². The van der Waals surface area contributed by atoms with Crippen molar-refractivity contribution < 1.29 is 9.59 Å². The number of nitrogens with one attached hydrogen (secondary N) is 3. The zero-order valence-electron chi connectivity index (χ0n) is 15.7. The van der Waals surface area contributed by atoms with Crippen LogP contribution in [-0.4, -0.2) is 33.1 Å². The summed E-state index contributed by atoms with van der Waals surface area (Å²) in [6, 6.07) is 10.8. The highest BCUT2D eigenvalue weighted by Gasteiger charge is 2.14. The number of amides is 2. The number of nitrogens with zero attached hydrogens (tertiary/aromatic N) is 1. The van der Waals surface area contributed by atoms with Gasteiger partial charge in [0.1, 0.15) is 0 Å². The van der Waals surface area contributed by atoms with E-state index in [1.807, 2.05) is 51.1 Å². The molecule has 144 valence electrons. The summed E-state index contributed by atoms with van der Waals surface area (Å²) in [5, 5.41) is 5.96. The van der Waals surface area contributed by atoms with Crippen LogP contribution in [0.5, 0.6) is 0 Å². The van der Waals surface area contributed by atoms with Crippen molar-refractivity contribution in [3.63, 3.8) is 0 Å². The SMILES string of the molecule is CC(C)(C)NC(=O)CSc1nc(CC(=O)NCc2ccccc2)cc(=O)[nH]1. The number of carbonyl (C=O) groups is 2. The summed E-state index contributed by atoms with van der Waals surface area (Å²) in [5.41, 5.74) is 0.681. The minimum Gasteiger partial charge on any atom is -0.352 e. The van der Waals surface area contributed by atoms with Crippen molar-refractivity contribution >= 4 is 23.6 Å². The number of thioether (sulfide) groups is 1. The predicted octanol–water partition coefficient (Wildman–Crippen LogP) is 1.64. The summed E-state index contributed by atoms with van der Waals surface area (Å²) in [4.78, 5) is 42.6. The van der Waals surface area contributed by atoms with Gasteiger partial charge in [-0.1, -0.05) is 42.1 Å². The van der Waals surface area contributed by atoms with E-state index in [9.17, 15) is 14.4 Å². The molecular weight excluding hydrogens is 364 g/mol. The summed E-state index contributed by atoms with van der Waals surface area (Å²) in [6.45, 7) is 6.09. The maximum atomic E-state index is 12.1. The fraction of sp³-hybridized carbons (Fsp3) is 0.368. The third kappa shape index (κ3) is 8.08. The van der Waals surface area contributed by atoms with Gasteiger partial charge >= 0.3 is 0 Å². The first-order chi connectivity index (χ1) is 12.7. The van der Waals surface area contributed by atoms with Crippen molar-refractivity contribution in [3.8, 4) is 0 Å². The molecule has 1 heterocycles. The minimum absolute atomic E-state index is 0.00149. The van der Waals surface area contributed by atoms with Crippen LogP contribution in [0.25, 0.3) is 0 Å². The van der Waals surface area contributed by atoms with E-state index in [2.05, 4.69) is 20.6 Å². The van der Waals surface area contributed by atoms with E-state index < -0.39 is 0 Å². The van der Waals surface area contributed by atoms with E-state index in [0.29, 0.717) is 17.4 Å². The third-order valence-electron chi connectivity index (χ3n) is 3.30. The van der Waals surface area contributed by atoms with Crippen molar-refractivity contribution in [2.75, 3.05) is 5.75 Å². The number of aromatic amines is 1. The molecule has 0 fully saturated rings. The van der Waals surface area contributed by atoms with Crippen molar-refractivity contribution in [1.29, 1.82) is 0 Å². The molecule has 0 saturated carbocycles. The van der Waals surface area contributed by atoms with Crippen LogP contribution < -0.4 is 16.2 Å². The number of benzene rings is 1. The van der Waals surface area contributed by atoms with Crippen LogP contribution in [0.15, 0.2) is 46.3 Å². The van der Waals surface area contributed by atoms with Gasteiger partial charge in [-0.25, -0.2) is 4.98 Å². The normalized spacial score (nSPS) is 11.1. The molecule has 3 N–H and O–H groups in total. The lowest BCUT2D eigenvalue weighted by molar-refractivity contribution is -0.121. The molecule has 2 amide bonds. The van der Waals surface area contributed by atoms with E-state index in [4.69, 9.17) is 0 Å². The first kappa shape index (κ1) is 20.7. The Morgan fingerprint density at radius 3 is 2.52 bits per heavy atom. The van der Waals surface area contributed by atoms with Crippen molar-refractivity contribution in [2.24, 2.45) is 0 Å². The highest BCUT2D eigenvalue weighted by atomic mass is 32.2. The molecule has 0 atom stereocenters. The molecule has 1 aromatic carbocycles. The highest BCUT2D eigenvalue weighted by molar-refractivity contribution is 7.99. The molecule has 27 heavy (non-hydrogen) atoms. The molecule has 0 radical (unpaired) electrons. The molecule has 0 aliphatic carbocycles. The minimum atomic E-state index is -0.352. The summed E-state index contributed by atoms with van der Waals surface area (Å²) in [5.74, 6) is -0.247. The first-order valence-corrected chi connectivity index (χ1v) is 9.54. The second-order valence-corrected chi connectivity index (χ2v) is 8.03. The van der Waals surface area contributed by atoms with E-state index in [1.165, 1.54) is 6.07 Å². The van der Waals surface area contributed by atoms with Crippen LogP contribution in [-0.2, 0) is 22.6 Å². The molecule has 2 rings (SSSR count). The van der Waals surface area contributed by atoms with Crippen LogP contribution >= 0.6 is 11.8 Å². The van der Waals surface area contributed by atoms with Gasteiger partial charge in [-0.15, -0.1) is 0 Å². The lowest BCUT2D eigenvalue weighted by Gasteiger charge is -2.20. The highest BCUT2D eigenvalue weighted by Crippen LogP contribution is 2.12. The molecule has 0 spiro atoms. The van der Waals surface area contributed by atoms with Crippen molar-refractivity contribution in [3.05, 3.63) is 58.0 Å².